The second-order valence-electron chi connectivity index (χ2n) is 3.64. The zero-order chi connectivity index (χ0) is 13.0. The summed E-state index contributed by atoms with van der Waals surface area (Å²) in [5.41, 5.74) is 1.19. The Balaban J connectivity index is 2.14. The lowest BCUT2D eigenvalue weighted by molar-refractivity contribution is 0.620. The summed E-state index contributed by atoms with van der Waals surface area (Å²) in [6.07, 6.45) is 0. The topological polar surface area (TPSA) is 23.8 Å². The molecule has 0 radical (unpaired) electrons. The molecule has 0 fully saturated rings. The Morgan fingerprint density at radius 3 is 2.56 bits per heavy atom. The third-order valence-electron chi connectivity index (χ3n) is 2.39. The van der Waals surface area contributed by atoms with E-state index in [4.69, 9.17) is 16.9 Å². The highest BCUT2D eigenvalue weighted by molar-refractivity contribution is 7.98. The van der Waals surface area contributed by atoms with Gasteiger partial charge >= 0.3 is 0 Å². The molecule has 4 heteroatoms. The van der Waals surface area contributed by atoms with Crippen LogP contribution in [0.3, 0.4) is 0 Å². The molecule has 0 bridgehead atoms. The molecular formula is C14H9ClFNS. The van der Waals surface area contributed by atoms with Gasteiger partial charge in [0.05, 0.1) is 0 Å². The maximum atomic E-state index is 13.4. The molecule has 0 aliphatic heterocycles. The van der Waals surface area contributed by atoms with Gasteiger partial charge in [0.1, 0.15) is 17.4 Å². The van der Waals surface area contributed by atoms with Crippen molar-refractivity contribution in [2.75, 3.05) is 0 Å². The van der Waals surface area contributed by atoms with Crippen molar-refractivity contribution < 1.29 is 4.39 Å². The summed E-state index contributed by atoms with van der Waals surface area (Å²) in [6, 6.07) is 14.0. The van der Waals surface area contributed by atoms with Crippen molar-refractivity contribution in [1.29, 1.82) is 5.26 Å². The minimum absolute atomic E-state index is 0.108. The fourth-order valence-corrected chi connectivity index (χ4v) is 2.58. The molecule has 2 rings (SSSR count). The predicted octanol–water partition coefficient (Wildman–Crippen LogP) is 4.64. The summed E-state index contributed by atoms with van der Waals surface area (Å²) in [6.45, 7) is 0. The Morgan fingerprint density at radius 2 is 1.89 bits per heavy atom. The average Bonchev–Trinajstić information content (AvgIpc) is 2.38. The SMILES string of the molecule is N#Cc1c(F)cccc1SCc1ccc(Cl)cc1. The highest BCUT2D eigenvalue weighted by Gasteiger charge is 2.08. The lowest BCUT2D eigenvalue weighted by Gasteiger charge is -2.04. The number of thioether (sulfide) groups is 1. The van der Waals surface area contributed by atoms with Crippen molar-refractivity contribution in [2.45, 2.75) is 10.6 Å². The van der Waals surface area contributed by atoms with Crippen LogP contribution in [0, 0.1) is 17.1 Å². The second-order valence-corrected chi connectivity index (χ2v) is 5.09. The van der Waals surface area contributed by atoms with E-state index in [2.05, 4.69) is 0 Å². The molecule has 0 heterocycles. The number of nitriles is 1. The highest BCUT2D eigenvalue weighted by atomic mass is 35.5. The van der Waals surface area contributed by atoms with Crippen LogP contribution in [0.5, 0.6) is 0 Å². The van der Waals surface area contributed by atoms with E-state index in [1.54, 1.807) is 12.1 Å². The monoisotopic (exact) mass is 277 g/mol. The summed E-state index contributed by atoms with van der Waals surface area (Å²) in [4.78, 5) is 0.660. The van der Waals surface area contributed by atoms with Crippen molar-refractivity contribution in [3.63, 3.8) is 0 Å². The van der Waals surface area contributed by atoms with Crippen LogP contribution in [0.25, 0.3) is 0 Å². The highest BCUT2D eigenvalue weighted by Crippen LogP contribution is 2.27. The molecule has 0 aromatic heterocycles. The minimum Gasteiger partial charge on any atom is -0.206 e. The normalized spacial score (nSPS) is 10.1. The van der Waals surface area contributed by atoms with E-state index in [0.717, 1.165) is 5.56 Å². The summed E-state index contributed by atoms with van der Waals surface area (Å²) in [7, 11) is 0. The lowest BCUT2D eigenvalue weighted by Crippen LogP contribution is -1.88. The van der Waals surface area contributed by atoms with Crippen molar-refractivity contribution in [2.24, 2.45) is 0 Å². The second kappa shape index (κ2) is 5.90. The van der Waals surface area contributed by atoms with Gasteiger partial charge in [0.15, 0.2) is 0 Å². The smallest absolute Gasteiger partial charge is 0.142 e. The van der Waals surface area contributed by atoms with Gasteiger partial charge in [-0.15, -0.1) is 11.8 Å². The first-order valence-electron chi connectivity index (χ1n) is 5.26. The van der Waals surface area contributed by atoms with Crippen LogP contribution in [0.4, 0.5) is 4.39 Å². The van der Waals surface area contributed by atoms with Crippen LogP contribution in [0.15, 0.2) is 47.4 Å². The van der Waals surface area contributed by atoms with Gasteiger partial charge in [0.25, 0.3) is 0 Å². The van der Waals surface area contributed by atoms with E-state index < -0.39 is 5.82 Å². The maximum absolute atomic E-state index is 13.4. The van der Waals surface area contributed by atoms with Gasteiger partial charge in [-0.2, -0.15) is 5.26 Å². The Bertz CT molecular complexity index is 590. The number of nitrogens with zero attached hydrogens (tertiary/aromatic N) is 1. The van der Waals surface area contributed by atoms with E-state index in [0.29, 0.717) is 15.7 Å². The van der Waals surface area contributed by atoms with Crippen molar-refractivity contribution >= 4 is 23.4 Å². The molecule has 0 atom stereocenters. The number of benzene rings is 2. The summed E-state index contributed by atoms with van der Waals surface area (Å²) in [5, 5.41) is 9.60. The molecule has 2 aromatic carbocycles. The lowest BCUT2D eigenvalue weighted by atomic mass is 10.2. The zero-order valence-electron chi connectivity index (χ0n) is 9.36. The largest absolute Gasteiger partial charge is 0.206 e. The van der Waals surface area contributed by atoms with Crippen LogP contribution >= 0.6 is 23.4 Å². The van der Waals surface area contributed by atoms with Gasteiger partial charge in [-0.05, 0) is 29.8 Å². The fraction of sp³-hybridized carbons (Fsp3) is 0.0714. The van der Waals surface area contributed by atoms with Gasteiger partial charge < -0.3 is 0 Å². The molecule has 0 aliphatic rings. The standard InChI is InChI=1S/C14H9ClFNS/c15-11-6-4-10(5-7-11)9-18-14-3-1-2-13(16)12(14)8-17/h1-7H,9H2. The number of rotatable bonds is 3. The Labute approximate surface area is 114 Å². The van der Waals surface area contributed by atoms with Gasteiger partial charge in [-0.1, -0.05) is 29.8 Å². The first kappa shape index (κ1) is 12.9. The van der Waals surface area contributed by atoms with Crippen LogP contribution in [-0.2, 0) is 5.75 Å². The third-order valence-corrected chi connectivity index (χ3v) is 3.78. The molecule has 1 nitrogen and oxygen atoms in total. The number of hydrogen-bond acceptors (Lipinski definition) is 2. The molecule has 0 saturated carbocycles. The zero-order valence-corrected chi connectivity index (χ0v) is 10.9. The van der Waals surface area contributed by atoms with E-state index in [9.17, 15) is 4.39 Å². The molecule has 18 heavy (non-hydrogen) atoms. The molecule has 0 N–H and O–H groups in total. The first-order chi connectivity index (χ1) is 8.70. The number of halogens is 2. The molecule has 0 unspecified atom stereocenters. The van der Waals surface area contributed by atoms with Crippen LogP contribution in [-0.4, -0.2) is 0 Å². The molecule has 0 saturated heterocycles. The van der Waals surface area contributed by atoms with Gasteiger partial charge in [-0.25, -0.2) is 4.39 Å². The average molecular weight is 278 g/mol. The van der Waals surface area contributed by atoms with E-state index in [1.165, 1.54) is 17.8 Å². The van der Waals surface area contributed by atoms with Crippen LogP contribution in [0.2, 0.25) is 5.02 Å². The Kier molecular flexibility index (Phi) is 4.24. The maximum Gasteiger partial charge on any atom is 0.142 e. The number of hydrogen-bond donors (Lipinski definition) is 0. The quantitative estimate of drug-likeness (QED) is 0.763. The molecule has 2 aromatic rings. The molecule has 0 amide bonds. The molecule has 0 spiro atoms. The van der Waals surface area contributed by atoms with Gasteiger partial charge in [-0.3, -0.25) is 0 Å². The molecule has 0 aliphatic carbocycles. The fourth-order valence-electron chi connectivity index (χ4n) is 1.47. The Morgan fingerprint density at radius 1 is 1.17 bits per heavy atom. The van der Waals surface area contributed by atoms with E-state index >= 15 is 0 Å². The Hall–Kier alpha value is -1.50. The summed E-state index contributed by atoms with van der Waals surface area (Å²) < 4.78 is 13.4. The van der Waals surface area contributed by atoms with Gasteiger partial charge in [0, 0.05) is 15.7 Å². The van der Waals surface area contributed by atoms with Crippen molar-refractivity contribution in [3.05, 3.63) is 64.4 Å². The summed E-state index contributed by atoms with van der Waals surface area (Å²) in [5.74, 6) is 0.202. The van der Waals surface area contributed by atoms with E-state index in [-0.39, 0.29) is 5.56 Å². The minimum atomic E-state index is -0.474. The van der Waals surface area contributed by atoms with Gasteiger partial charge in [0.2, 0.25) is 0 Å². The third kappa shape index (κ3) is 3.04. The predicted molar refractivity (Wildman–Crippen MR) is 72.1 cm³/mol. The molecule has 90 valence electrons. The van der Waals surface area contributed by atoms with Crippen molar-refractivity contribution in [1.82, 2.24) is 0 Å². The van der Waals surface area contributed by atoms with Crippen LogP contribution < -0.4 is 0 Å². The molecular weight excluding hydrogens is 269 g/mol. The van der Waals surface area contributed by atoms with Crippen molar-refractivity contribution in [3.8, 4) is 6.07 Å². The van der Waals surface area contributed by atoms with Crippen LogP contribution in [0.1, 0.15) is 11.1 Å². The first-order valence-corrected chi connectivity index (χ1v) is 6.63. The summed E-state index contributed by atoms with van der Waals surface area (Å²) >= 11 is 7.24. The van der Waals surface area contributed by atoms with E-state index in [1.807, 2.05) is 30.3 Å².